The second-order valence-corrected chi connectivity index (χ2v) is 2.97. The van der Waals surface area contributed by atoms with Crippen molar-refractivity contribution in [2.24, 2.45) is 0 Å². The van der Waals surface area contributed by atoms with Gasteiger partial charge >= 0.3 is 0 Å². The number of amides is 2. The third-order valence-corrected chi connectivity index (χ3v) is 2.12. The van der Waals surface area contributed by atoms with E-state index in [0.29, 0.717) is 18.5 Å². The van der Waals surface area contributed by atoms with Gasteiger partial charge in [-0.1, -0.05) is 32.0 Å². The summed E-state index contributed by atoms with van der Waals surface area (Å²) >= 11 is 0. The van der Waals surface area contributed by atoms with Gasteiger partial charge in [0.2, 0.25) is 5.91 Å². The molecule has 0 saturated carbocycles. The van der Waals surface area contributed by atoms with Gasteiger partial charge in [-0.3, -0.25) is 14.5 Å². The van der Waals surface area contributed by atoms with Crippen molar-refractivity contribution >= 4 is 11.8 Å². The summed E-state index contributed by atoms with van der Waals surface area (Å²) in [5.74, 6) is -0.259. The van der Waals surface area contributed by atoms with Crippen LogP contribution in [0.3, 0.4) is 0 Å². The van der Waals surface area contributed by atoms with Crippen molar-refractivity contribution in [2.75, 3.05) is 6.54 Å². The molecule has 3 heteroatoms. The highest BCUT2D eigenvalue weighted by Gasteiger charge is 2.30. The Balaban J connectivity index is 0.000000531. The number of hydrogen-bond donors (Lipinski definition) is 0. The smallest absolute Gasteiger partial charge is 0.260 e. The van der Waals surface area contributed by atoms with Gasteiger partial charge in [-0.25, -0.2) is 0 Å². The number of carbonyl (C=O) groups is 2. The number of carbonyl (C=O) groups excluding carboxylic acids is 2. The molecule has 15 heavy (non-hydrogen) atoms. The van der Waals surface area contributed by atoms with E-state index in [-0.39, 0.29) is 11.8 Å². The Kier molecular flexibility index (Phi) is 4.03. The Hall–Kier alpha value is -1.64. The zero-order valence-electron chi connectivity index (χ0n) is 9.06. The zero-order chi connectivity index (χ0) is 11.3. The predicted molar refractivity (Wildman–Crippen MR) is 58.5 cm³/mol. The molecular weight excluding hydrogens is 190 g/mol. The van der Waals surface area contributed by atoms with E-state index in [2.05, 4.69) is 0 Å². The van der Waals surface area contributed by atoms with E-state index in [1.54, 1.807) is 24.3 Å². The normalized spacial score (nSPS) is 13.7. The topological polar surface area (TPSA) is 37.4 Å². The lowest BCUT2D eigenvalue weighted by molar-refractivity contribution is -0.135. The standard InChI is InChI=1S/C10H9NO2.C2H6/c12-9-6-7-11(9)10(13)8-4-2-1-3-5-8;1-2/h1-5H,6-7H2;1-2H3. The average Bonchev–Trinajstić information content (AvgIpc) is 2.31. The fourth-order valence-electron chi connectivity index (χ4n) is 1.27. The van der Waals surface area contributed by atoms with Gasteiger partial charge in [-0.2, -0.15) is 0 Å². The van der Waals surface area contributed by atoms with E-state index in [9.17, 15) is 9.59 Å². The first kappa shape index (κ1) is 11.4. The molecule has 1 fully saturated rings. The Morgan fingerprint density at radius 3 is 2.20 bits per heavy atom. The first-order valence-corrected chi connectivity index (χ1v) is 5.19. The lowest BCUT2D eigenvalue weighted by Crippen LogP contribution is -2.47. The second kappa shape index (κ2) is 5.29. The van der Waals surface area contributed by atoms with Crippen LogP contribution in [0.1, 0.15) is 30.6 Å². The van der Waals surface area contributed by atoms with Crippen LogP contribution < -0.4 is 0 Å². The lowest BCUT2D eigenvalue weighted by Gasteiger charge is -2.28. The molecule has 2 amide bonds. The van der Waals surface area contributed by atoms with Crippen LogP contribution in [0, 0.1) is 0 Å². The number of imide groups is 1. The molecule has 0 aromatic heterocycles. The molecule has 0 N–H and O–H groups in total. The lowest BCUT2D eigenvalue weighted by atomic mass is 10.1. The minimum absolute atomic E-state index is 0.0751. The van der Waals surface area contributed by atoms with E-state index in [1.807, 2.05) is 19.9 Å². The fraction of sp³-hybridized carbons (Fsp3) is 0.333. The number of nitrogens with zero attached hydrogens (tertiary/aromatic N) is 1. The van der Waals surface area contributed by atoms with Crippen LogP contribution in [0.25, 0.3) is 0 Å². The third-order valence-electron chi connectivity index (χ3n) is 2.12. The Morgan fingerprint density at radius 1 is 1.20 bits per heavy atom. The van der Waals surface area contributed by atoms with E-state index in [0.717, 1.165) is 0 Å². The first-order chi connectivity index (χ1) is 7.29. The van der Waals surface area contributed by atoms with Gasteiger partial charge < -0.3 is 0 Å². The largest absolute Gasteiger partial charge is 0.278 e. The molecule has 1 aromatic carbocycles. The molecule has 1 aliphatic heterocycles. The molecule has 1 aliphatic rings. The summed E-state index contributed by atoms with van der Waals surface area (Å²) in [7, 11) is 0. The highest BCUT2D eigenvalue weighted by atomic mass is 16.2. The molecule has 1 aromatic rings. The average molecular weight is 205 g/mol. The minimum Gasteiger partial charge on any atom is -0.278 e. The van der Waals surface area contributed by atoms with Gasteiger partial charge in [0.25, 0.3) is 5.91 Å². The van der Waals surface area contributed by atoms with Crippen molar-refractivity contribution < 1.29 is 9.59 Å². The molecule has 0 bridgehead atoms. The first-order valence-electron chi connectivity index (χ1n) is 5.19. The molecule has 80 valence electrons. The van der Waals surface area contributed by atoms with Crippen molar-refractivity contribution in [2.45, 2.75) is 20.3 Å². The van der Waals surface area contributed by atoms with Crippen molar-refractivity contribution in [3.63, 3.8) is 0 Å². The monoisotopic (exact) mass is 205 g/mol. The maximum atomic E-state index is 11.5. The Labute approximate surface area is 89.7 Å². The van der Waals surface area contributed by atoms with Crippen molar-refractivity contribution in [1.82, 2.24) is 4.90 Å². The van der Waals surface area contributed by atoms with Gasteiger partial charge in [0.1, 0.15) is 0 Å². The van der Waals surface area contributed by atoms with Gasteiger partial charge in [-0.15, -0.1) is 0 Å². The van der Waals surface area contributed by atoms with Crippen molar-refractivity contribution in [3.05, 3.63) is 35.9 Å². The van der Waals surface area contributed by atoms with Gasteiger partial charge in [0.05, 0.1) is 0 Å². The molecule has 2 rings (SSSR count). The van der Waals surface area contributed by atoms with Gasteiger partial charge in [0, 0.05) is 18.5 Å². The number of β-lactam (4-membered cyclic amide) rings is 1. The molecular formula is C12H15NO2. The zero-order valence-corrected chi connectivity index (χ0v) is 9.06. The SMILES string of the molecule is CC.O=C1CCN1C(=O)c1ccccc1. The van der Waals surface area contributed by atoms with Crippen LogP contribution in [0.15, 0.2) is 30.3 Å². The highest BCUT2D eigenvalue weighted by molar-refractivity contribution is 6.07. The van der Waals surface area contributed by atoms with Crippen LogP contribution in [-0.4, -0.2) is 23.3 Å². The van der Waals surface area contributed by atoms with Crippen molar-refractivity contribution in [1.29, 1.82) is 0 Å². The van der Waals surface area contributed by atoms with Crippen LogP contribution in [0.2, 0.25) is 0 Å². The van der Waals surface area contributed by atoms with E-state index in [1.165, 1.54) is 4.90 Å². The number of hydrogen-bond acceptors (Lipinski definition) is 2. The molecule has 0 atom stereocenters. The second-order valence-electron chi connectivity index (χ2n) is 2.97. The number of rotatable bonds is 1. The summed E-state index contributed by atoms with van der Waals surface area (Å²) in [6, 6.07) is 8.85. The van der Waals surface area contributed by atoms with Crippen LogP contribution in [0.4, 0.5) is 0 Å². The number of likely N-dealkylation sites (tertiary alicyclic amines) is 1. The molecule has 0 aliphatic carbocycles. The molecule has 1 saturated heterocycles. The third kappa shape index (κ3) is 2.43. The number of benzene rings is 1. The predicted octanol–water partition coefficient (Wildman–Crippen LogP) is 2.09. The maximum absolute atomic E-state index is 11.5. The molecule has 0 radical (unpaired) electrons. The van der Waals surface area contributed by atoms with Crippen LogP contribution in [-0.2, 0) is 4.79 Å². The molecule has 1 heterocycles. The Bertz CT molecular complexity index is 346. The maximum Gasteiger partial charge on any atom is 0.260 e. The summed E-state index contributed by atoms with van der Waals surface area (Å²) in [4.78, 5) is 23.8. The summed E-state index contributed by atoms with van der Waals surface area (Å²) in [5.41, 5.74) is 0.579. The fourth-order valence-corrected chi connectivity index (χ4v) is 1.27. The van der Waals surface area contributed by atoms with E-state index < -0.39 is 0 Å². The van der Waals surface area contributed by atoms with Crippen molar-refractivity contribution in [3.8, 4) is 0 Å². The van der Waals surface area contributed by atoms with Gasteiger partial charge in [0.15, 0.2) is 0 Å². The Morgan fingerprint density at radius 2 is 1.80 bits per heavy atom. The highest BCUT2D eigenvalue weighted by Crippen LogP contribution is 2.13. The quantitative estimate of drug-likeness (QED) is 0.520. The van der Waals surface area contributed by atoms with Crippen LogP contribution in [0.5, 0.6) is 0 Å². The molecule has 0 unspecified atom stereocenters. The summed E-state index contributed by atoms with van der Waals surface area (Å²) in [6.07, 6.45) is 0.499. The summed E-state index contributed by atoms with van der Waals surface area (Å²) in [6.45, 7) is 4.56. The molecule has 0 spiro atoms. The summed E-state index contributed by atoms with van der Waals surface area (Å²) < 4.78 is 0. The van der Waals surface area contributed by atoms with E-state index >= 15 is 0 Å². The molecule has 3 nitrogen and oxygen atoms in total. The summed E-state index contributed by atoms with van der Waals surface area (Å²) in [5, 5.41) is 0. The van der Waals surface area contributed by atoms with Crippen LogP contribution >= 0.6 is 0 Å². The van der Waals surface area contributed by atoms with Gasteiger partial charge in [-0.05, 0) is 12.1 Å². The van der Waals surface area contributed by atoms with E-state index in [4.69, 9.17) is 0 Å². The minimum atomic E-state index is -0.183.